The Morgan fingerprint density at radius 1 is 1.15 bits per heavy atom. The maximum Gasteiger partial charge on any atom is 0.137 e. The zero-order valence-electron chi connectivity index (χ0n) is 11.0. The molecular weight excluding hydrogens is 252 g/mol. The molecule has 0 amide bonds. The van der Waals surface area contributed by atoms with Crippen molar-refractivity contribution in [3.05, 3.63) is 54.1 Å². The lowest BCUT2D eigenvalue weighted by Gasteiger charge is -2.10. The lowest BCUT2D eigenvalue weighted by Crippen LogP contribution is -2.17. The van der Waals surface area contributed by atoms with Crippen LogP contribution in [0.2, 0.25) is 0 Å². The van der Waals surface area contributed by atoms with Crippen LogP contribution < -0.4 is 5.32 Å². The smallest absolute Gasteiger partial charge is 0.137 e. The van der Waals surface area contributed by atoms with Gasteiger partial charge in [0.25, 0.3) is 0 Å². The second-order valence-corrected chi connectivity index (χ2v) is 4.64. The van der Waals surface area contributed by atoms with Crippen molar-refractivity contribution in [2.24, 2.45) is 0 Å². The van der Waals surface area contributed by atoms with Gasteiger partial charge in [-0.25, -0.2) is 4.98 Å². The third kappa shape index (κ3) is 2.62. The van der Waals surface area contributed by atoms with Gasteiger partial charge >= 0.3 is 0 Å². The van der Waals surface area contributed by atoms with Crippen LogP contribution in [0.3, 0.4) is 0 Å². The second kappa shape index (κ2) is 5.71. The van der Waals surface area contributed by atoms with Crippen LogP contribution >= 0.6 is 0 Å². The van der Waals surface area contributed by atoms with Gasteiger partial charge in [-0.05, 0) is 16.8 Å². The molecule has 0 saturated heterocycles. The summed E-state index contributed by atoms with van der Waals surface area (Å²) >= 11 is 0. The van der Waals surface area contributed by atoms with Gasteiger partial charge in [-0.15, -0.1) is 0 Å². The molecule has 1 heterocycles. The third-order valence-corrected chi connectivity index (χ3v) is 3.32. The van der Waals surface area contributed by atoms with Gasteiger partial charge in [-0.2, -0.15) is 5.10 Å². The number of aromatic nitrogens is 3. The van der Waals surface area contributed by atoms with Crippen molar-refractivity contribution in [2.45, 2.75) is 13.0 Å². The van der Waals surface area contributed by atoms with Crippen LogP contribution in [-0.4, -0.2) is 26.8 Å². The van der Waals surface area contributed by atoms with E-state index in [1.54, 1.807) is 6.07 Å². The van der Waals surface area contributed by atoms with Gasteiger partial charge in [-0.3, -0.25) is 5.10 Å². The van der Waals surface area contributed by atoms with Gasteiger partial charge in [-0.1, -0.05) is 30.3 Å². The molecule has 0 aliphatic carbocycles. The van der Waals surface area contributed by atoms with Gasteiger partial charge in [0, 0.05) is 25.1 Å². The van der Waals surface area contributed by atoms with Crippen molar-refractivity contribution in [3.63, 3.8) is 0 Å². The molecule has 102 valence electrons. The third-order valence-electron chi connectivity index (χ3n) is 3.32. The highest BCUT2D eigenvalue weighted by atomic mass is 16.3. The van der Waals surface area contributed by atoms with Crippen molar-refractivity contribution in [3.8, 4) is 5.75 Å². The summed E-state index contributed by atoms with van der Waals surface area (Å²) in [6.07, 6.45) is 2.29. The van der Waals surface area contributed by atoms with Gasteiger partial charge in [0.1, 0.15) is 17.9 Å². The Labute approximate surface area is 116 Å². The fraction of sp³-hybridized carbons (Fsp3) is 0.200. The number of aromatic amines is 1. The SMILES string of the molecule is Oc1ccc2ccccc2c1CNCCc1ncn[nH]1. The minimum atomic E-state index is 0.330. The van der Waals surface area contributed by atoms with E-state index < -0.39 is 0 Å². The fourth-order valence-corrected chi connectivity index (χ4v) is 2.28. The van der Waals surface area contributed by atoms with Crippen LogP contribution in [0.1, 0.15) is 11.4 Å². The predicted octanol–water partition coefficient (Wildman–Crippen LogP) is 2.00. The van der Waals surface area contributed by atoms with E-state index in [9.17, 15) is 5.11 Å². The Kier molecular flexibility index (Phi) is 3.60. The molecule has 0 fully saturated rings. The molecule has 2 aromatic carbocycles. The van der Waals surface area contributed by atoms with Crippen molar-refractivity contribution < 1.29 is 5.11 Å². The van der Waals surface area contributed by atoms with Crippen molar-refractivity contribution >= 4 is 10.8 Å². The largest absolute Gasteiger partial charge is 0.508 e. The first-order valence-electron chi connectivity index (χ1n) is 6.59. The summed E-state index contributed by atoms with van der Waals surface area (Å²) in [4.78, 5) is 4.07. The van der Waals surface area contributed by atoms with Gasteiger partial charge in [0.05, 0.1) is 0 Å². The highest BCUT2D eigenvalue weighted by molar-refractivity contribution is 5.87. The summed E-state index contributed by atoms with van der Waals surface area (Å²) in [6, 6.07) is 11.7. The molecule has 0 atom stereocenters. The van der Waals surface area contributed by atoms with Crippen molar-refractivity contribution in [1.29, 1.82) is 0 Å². The monoisotopic (exact) mass is 268 g/mol. The van der Waals surface area contributed by atoms with Crippen LogP contribution in [0, 0.1) is 0 Å². The maximum absolute atomic E-state index is 10.0. The second-order valence-electron chi connectivity index (χ2n) is 4.64. The lowest BCUT2D eigenvalue weighted by atomic mass is 10.0. The number of H-pyrrole nitrogens is 1. The number of nitrogens with zero attached hydrogens (tertiary/aromatic N) is 2. The first kappa shape index (κ1) is 12.6. The minimum Gasteiger partial charge on any atom is -0.508 e. The first-order chi connectivity index (χ1) is 9.84. The van der Waals surface area contributed by atoms with Crippen LogP contribution in [0.25, 0.3) is 10.8 Å². The molecule has 0 bridgehead atoms. The number of phenolic OH excluding ortho intramolecular Hbond substituents is 1. The zero-order chi connectivity index (χ0) is 13.8. The summed E-state index contributed by atoms with van der Waals surface area (Å²) in [5.74, 6) is 1.19. The number of hydrogen-bond acceptors (Lipinski definition) is 4. The van der Waals surface area contributed by atoms with Crippen LogP contribution in [0.15, 0.2) is 42.7 Å². The van der Waals surface area contributed by atoms with E-state index in [0.29, 0.717) is 12.3 Å². The Morgan fingerprint density at radius 3 is 2.90 bits per heavy atom. The van der Waals surface area contributed by atoms with Crippen LogP contribution in [0.4, 0.5) is 0 Å². The highest BCUT2D eigenvalue weighted by Crippen LogP contribution is 2.26. The Balaban J connectivity index is 1.69. The summed E-state index contributed by atoms with van der Waals surface area (Å²) in [5, 5.41) is 22.2. The molecule has 3 aromatic rings. The number of benzene rings is 2. The van der Waals surface area contributed by atoms with E-state index in [2.05, 4.69) is 20.5 Å². The van der Waals surface area contributed by atoms with E-state index in [1.165, 1.54) is 6.33 Å². The highest BCUT2D eigenvalue weighted by Gasteiger charge is 2.06. The number of phenols is 1. The number of fused-ring (bicyclic) bond motifs is 1. The first-order valence-corrected chi connectivity index (χ1v) is 6.59. The van der Waals surface area contributed by atoms with E-state index >= 15 is 0 Å². The van der Waals surface area contributed by atoms with Crippen molar-refractivity contribution in [1.82, 2.24) is 20.5 Å². The minimum absolute atomic E-state index is 0.330. The molecule has 0 saturated carbocycles. The summed E-state index contributed by atoms with van der Waals surface area (Å²) in [6.45, 7) is 1.40. The van der Waals surface area contributed by atoms with Gasteiger partial charge in [0.2, 0.25) is 0 Å². The van der Waals surface area contributed by atoms with Crippen molar-refractivity contribution in [2.75, 3.05) is 6.54 Å². The summed E-state index contributed by atoms with van der Waals surface area (Å²) in [7, 11) is 0. The maximum atomic E-state index is 10.0. The molecule has 1 aromatic heterocycles. The Bertz CT molecular complexity index is 694. The molecule has 0 aliphatic rings. The predicted molar refractivity (Wildman–Crippen MR) is 77.4 cm³/mol. The Hall–Kier alpha value is -2.40. The molecule has 0 aliphatic heterocycles. The van der Waals surface area contributed by atoms with Crippen LogP contribution in [-0.2, 0) is 13.0 Å². The van der Waals surface area contributed by atoms with Gasteiger partial charge < -0.3 is 10.4 Å². The van der Waals surface area contributed by atoms with E-state index in [-0.39, 0.29) is 0 Å². The summed E-state index contributed by atoms with van der Waals surface area (Å²) in [5.41, 5.74) is 0.931. The van der Waals surface area contributed by atoms with E-state index in [4.69, 9.17) is 0 Å². The molecule has 5 heteroatoms. The topological polar surface area (TPSA) is 73.8 Å². The average molecular weight is 268 g/mol. The lowest BCUT2D eigenvalue weighted by molar-refractivity contribution is 0.466. The fourth-order valence-electron chi connectivity index (χ4n) is 2.28. The zero-order valence-corrected chi connectivity index (χ0v) is 11.0. The quantitative estimate of drug-likeness (QED) is 0.619. The number of nitrogens with one attached hydrogen (secondary N) is 2. The van der Waals surface area contributed by atoms with Crippen LogP contribution in [0.5, 0.6) is 5.75 Å². The molecular formula is C15H16N4O. The summed E-state index contributed by atoms with van der Waals surface area (Å²) < 4.78 is 0. The van der Waals surface area contributed by atoms with Gasteiger partial charge in [0.15, 0.2) is 0 Å². The van der Waals surface area contributed by atoms with E-state index in [0.717, 1.165) is 35.1 Å². The molecule has 3 rings (SSSR count). The molecule has 0 unspecified atom stereocenters. The average Bonchev–Trinajstić information content (AvgIpc) is 2.98. The number of hydrogen-bond donors (Lipinski definition) is 3. The molecule has 0 radical (unpaired) electrons. The molecule has 0 spiro atoms. The molecule has 3 N–H and O–H groups in total. The van der Waals surface area contributed by atoms with E-state index in [1.807, 2.05) is 30.3 Å². The molecule has 5 nitrogen and oxygen atoms in total. The normalized spacial score (nSPS) is 11.0. The Morgan fingerprint density at radius 2 is 2.05 bits per heavy atom. The number of rotatable bonds is 5. The standard InChI is InChI=1S/C15H16N4O/c20-14-6-5-11-3-1-2-4-12(11)13(14)9-16-8-7-15-17-10-18-19-15/h1-6,10,16,20H,7-9H2,(H,17,18,19). The molecule has 20 heavy (non-hydrogen) atoms. The number of aromatic hydroxyl groups is 1.